The first-order valence-electron chi connectivity index (χ1n) is 8.40. The van der Waals surface area contributed by atoms with E-state index in [2.05, 4.69) is 17.6 Å². The zero-order valence-corrected chi connectivity index (χ0v) is 13.4. The molecule has 0 aliphatic carbocycles. The average Bonchev–Trinajstić information content (AvgIpc) is 3.28. The lowest BCUT2D eigenvalue weighted by Gasteiger charge is -2.22. The molecule has 0 radical (unpaired) electrons. The maximum Gasteiger partial charge on any atom is 0.231 e. The summed E-state index contributed by atoms with van der Waals surface area (Å²) in [5, 5.41) is 6.85. The van der Waals surface area contributed by atoms with Gasteiger partial charge in [-0.15, -0.1) is 0 Å². The molecular formula is C17H23N3O3. The highest BCUT2D eigenvalue weighted by atomic mass is 16.7. The van der Waals surface area contributed by atoms with Crippen LogP contribution < -0.4 is 20.1 Å². The van der Waals surface area contributed by atoms with E-state index in [0.717, 1.165) is 42.4 Å². The van der Waals surface area contributed by atoms with Gasteiger partial charge in [-0.2, -0.15) is 0 Å². The number of aliphatic imine (C=N–C) groups is 1. The molecule has 4 rings (SSSR count). The van der Waals surface area contributed by atoms with Crippen molar-refractivity contribution in [3.05, 3.63) is 23.8 Å². The summed E-state index contributed by atoms with van der Waals surface area (Å²) < 4.78 is 16.7. The van der Waals surface area contributed by atoms with Crippen molar-refractivity contribution in [2.45, 2.75) is 51.0 Å². The van der Waals surface area contributed by atoms with E-state index >= 15 is 0 Å². The third kappa shape index (κ3) is 3.08. The molecule has 3 atom stereocenters. The van der Waals surface area contributed by atoms with Crippen molar-refractivity contribution < 1.29 is 14.2 Å². The van der Waals surface area contributed by atoms with E-state index < -0.39 is 0 Å². The zero-order chi connectivity index (χ0) is 15.6. The minimum atomic E-state index is 0.302. The van der Waals surface area contributed by atoms with Gasteiger partial charge in [0, 0.05) is 6.54 Å². The van der Waals surface area contributed by atoms with Crippen LogP contribution in [0, 0.1) is 0 Å². The van der Waals surface area contributed by atoms with Crippen LogP contribution in [0.5, 0.6) is 11.5 Å². The first-order valence-corrected chi connectivity index (χ1v) is 8.40. The van der Waals surface area contributed by atoms with Gasteiger partial charge in [-0.1, -0.05) is 6.07 Å². The Morgan fingerprint density at radius 1 is 1.26 bits per heavy atom. The lowest BCUT2D eigenvalue weighted by molar-refractivity contribution is 0.0992. The van der Waals surface area contributed by atoms with Crippen LogP contribution in [-0.4, -0.2) is 37.5 Å². The molecule has 3 heterocycles. The number of nitrogens with one attached hydrogen (secondary N) is 2. The molecule has 2 N–H and O–H groups in total. The molecule has 1 aromatic carbocycles. The summed E-state index contributed by atoms with van der Waals surface area (Å²) in [6.07, 6.45) is 4.22. The van der Waals surface area contributed by atoms with Gasteiger partial charge in [0.15, 0.2) is 17.5 Å². The zero-order valence-electron chi connectivity index (χ0n) is 13.4. The van der Waals surface area contributed by atoms with Crippen molar-refractivity contribution in [3.63, 3.8) is 0 Å². The Bertz CT molecular complexity index is 605. The van der Waals surface area contributed by atoms with Crippen LogP contribution in [-0.2, 0) is 11.3 Å². The van der Waals surface area contributed by atoms with E-state index in [1.165, 1.54) is 6.42 Å². The first kappa shape index (κ1) is 14.6. The van der Waals surface area contributed by atoms with Gasteiger partial charge < -0.3 is 24.8 Å². The van der Waals surface area contributed by atoms with E-state index in [0.29, 0.717) is 31.6 Å². The lowest BCUT2D eigenvalue weighted by Crippen LogP contribution is -2.47. The monoisotopic (exact) mass is 317 g/mol. The number of fused-ring (bicyclic) bond motifs is 3. The molecule has 0 spiro atoms. The Morgan fingerprint density at radius 2 is 2.17 bits per heavy atom. The van der Waals surface area contributed by atoms with Crippen LogP contribution in [0.15, 0.2) is 23.2 Å². The summed E-state index contributed by atoms with van der Waals surface area (Å²) in [7, 11) is 0. The molecule has 3 aliphatic rings. The standard InChI is InChI=1S/C17H23N3O3/c1-2-18-17(20-13-8-12-4-6-14(13)23-12)19-9-11-3-5-15-16(7-11)22-10-21-15/h3,5,7,12-14H,2,4,6,8-10H2,1H3,(H2,18,19,20). The van der Waals surface area contributed by atoms with Crippen LogP contribution in [0.4, 0.5) is 0 Å². The summed E-state index contributed by atoms with van der Waals surface area (Å²) in [4.78, 5) is 4.70. The maximum absolute atomic E-state index is 5.90. The Morgan fingerprint density at radius 3 is 2.96 bits per heavy atom. The minimum absolute atomic E-state index is 0.302. The number of benzene rings is 1. The molecule has 2 bridgehead atoms. The highest BCUT2D eigenvalue weighted by molar-refractivity contribution is 5.80. The van der Waals surface area contributed by atoms with Gasteiger partial charge in [-0.25, -0.2) is 4.99 Å². The van der Waals surface area contributed by atoms with E-state index in [1.807, 2.05) is 18.2 Å². The molecular weight excluding hydrogens is 294 g/mol. The smallest absolute Gasteiger partial charge is 0.231 e. The predicted molar refractivity (Wildman–Crippen MR) is 86.8 cm³/mol. The highest BCUT2D eigenvalue weighted by Gasteiger charge is 2.41. The second kappa shape index (κ2) is 6.28. The number of nitrogens with zero attached hydrogens (tertiary/aromatic N) is 1. The average molecular weight is 317 g/mol. The predicted octanol–water partition coefficient (Wildman–Crippen LogP) is 1.79. The topological polar surface area (TPSA) is 64.1 Å². The normalized spacial score (nSPS) is 28.2. The summed E-state index contributed by atoms with van der Waals surface area (Å²) in [5.41, 5.74) is 1.11. The van der Waals surface area contributed by atoms with E-state index in [1.54, 1.807) is 0 Å². The van der Waals surface area contributed by atoms with Gasteiger partial charge in [-0.3, -0.25) is 0 Å². The second-order valence-corrected chi connectivity index (χ2v) is 6.24. The molecule has 124 valence electrons. The molecule has 6 nitrogen and oxygen atoms in total. The van der Waals surface area contributed by atoms with Crippen LogP contribution in [0.2, 0.25) is 0 Å². The Kier molecular flexibility index (Phi) is 3.99. The largest absolute Gasteiger partial charge is 0.454 e. The van der Waals surface area contributed by atoms with Gasteiger partial charge in [0.1, 0.15) is 0 Å². The van der Waals surface area contributed by atoms with Gasteiger partial charge in [0.25, 0.3) is 0 Å². The summed E-state index contributed by atoms with van der Waals surface area (Å²) >= 11 is 0. The molecule has 3 unspecified atom stereocenters. The molecule has 23 heavy (non-hydrogen) atoms. The molecule has 1 aromatic rings. The fourth-order valence-corrected chi connectivity index (χ4v) is 3.50. The van der Waals surface area contributed by atoms with Gasteiger partial charge >= 0.3 is 0 Å². The Balaban J connectivity index is 1.41. The minimum Gasteiger partial charge on any atom is -0.454 e. The molecule has 3 aliphatic heterocycles. The van der Waals surface area contributed by atoms with Crippen molar-refractivity contribution in [2.24, 2.45) is 4.99 Å². The highest BCUT2D eigenvalue weighted by Crippen LogP contribution is 2.34. The molecule has 6 heteroatoms. The number of hydrogen-bond donors (Lipinski definition) is 2. The van der Waals surface area contributed by atoms with Crippen LogP contribution in [0.3, 0.4) is 0 Å². The molecule has 2 fully saturated rings. The van der Waals surface area contributed by atoms with Crippen molar-refractivity contribution in [2.75, 3.05) is 13.3 Å². The van der Waals surface area contributed by atoms with E-state index in [4.69, 9.17) is 19.2 Å². The fraction of sp³-hybridized carbons (Fsp3) is 0.588. The first-order chi connectivity index (χ1) is 11.3. The number of guanidine groups is 1. The molecule has 0 amide bonds. The summed E-state index contributed by atoms with van der Waals surface area (Å²) in [6, 6.07) is 6.34. The van der Waals surface area contributed by atoms with Gasteiger partial charge in [-0.05, 0) is 43.9 Å². The van der Waals surface area contributed by atoms with Crippen LogP contribution in [0.1, 0.15) is 31.7 Å². The SMILES string of the molecule is CCNC(=NCc1ccc2c(c1)OCO2)NC1CC2CCC1O2. The fourth-order valence-electron chi connectivity index (χ4n) is 3.50. The third-order valence-electron chi connectivity index (χ3n) is 4.63. The number of rotatable bonds is 4. The number of ether oxygens (including phenoxy) is 3. The van der Waals surface area contributed by atoms with Gasteiger partial charge in [0.05, 0.1) is 24.8 Å². The maximum atomic E-state index is 5.90. The lowest BCUT2D eigenvalue weighted by atomic mass is 9.96. The molecule has 2 saturated heterocycles. The van der Waals surface area contributed by atoms with Crippen LogP contribution in [0.25, 0.3) is 0 Å². The van der Waals surface area contributed by atoms with Crippen molar-refractivity contribution in [1.29, 1.82) is 0 Å². The summed E-state index contributed by atoms with van der Waals surface area (Å²) in [5.74, 6) is 2.46. The van der Waals surface area contributed by atoms with E-state index in [9.17, 15) is 0 Å². The third-order valence-corrected chi connectivity index (χ3v) is 4.63. The summed E-state index contributed by atoms with van der Waals surface area (Å²) in [6.45, 7) is 3.83. The molecule has 0 saturated carbocycles. The van der Waals surface area contributed by atoms with E-state index in [-0.39, 0.29) is 0 Å². The van der Waals surface area contributed by atoms with Crippen LogP contribution >= 0.6 is 0 Å². The quantitative estimate of drug-likeness (QED) is 0.655. The Hall–Kier alpha value is -1.95. The number of hydrogen-bond acceptors (Lipinski definition) is 4. The van der Waals surface area contributed by atoms with Crippen molar-refractivity contribution in [1.82, 2.24) is 10.6 Å². The second-order valence-electron chi connectivity index (χ2n) is 6.24. The Labute approximate surface area is 136 Å². The van der Waals surface area contributed by atoms with Crippen molar-refractivity contribution in [3.8, 4) is 11.5 Å². The van der Waals surface area contributed by atoms with Gasteiger partial charge in [0.2, 0.25) is 6.79 Å². The van der Waals surface area contributed by atoms with Crippen molar-refractivity contribution >= 4 is 5.96 Å². The molecule has 0 aromatic heterocycles.